The standard InChI is InChI=1S/C15H28N4O3/c1-6-14(20)18-9-7-13(8-10-18)17(4)15(21)19(11-16-3)12(2)22-5/h11-13H,6-10H2,1-5H3. The Labute approximate surface area is 132 Å². The first-order valence-corrected chi connectivity index (χ1v) is 7.74. The molecule has 1 rings (SSSR count). The molecule has 1 atom stereocenters. The third-order valence-electron chi connectivity index (χ3n) is 4.16. The fourth-order valence-corrected chi connectivity index (χ4v) is 2.60. The molecule has 0 radical (unpaired) electrons. The van der Waals surface area contributed by atoms with Gasteiger partial charge in [-0.3, -0.25) is 14.7 Å². The Hall–Kier alpha value is -1.63. The van der Waals surface area contributed by atoms with Crippen LogP contribution in [0.1, 0.15) is 33.1 Å². The molecule has 0 aromatic heterocycles. The van der Waals surface area contributed by atoms with E-state index in [2.05, 4.69) is 4.99 Å². The van der Waals surface area contributed by atoms with Gasteiger partial charge in [-0.25, -0.2) is 4.79 Å². The summed E-state index contributed by atoms with van der Waals surface area (Å²) in [6.07, 6.45) is 3.24. The predicted octanol–water partition coefficient (Wildman–Crippen LogP) is 1.39. The molecule has 0 aromatic rings. The molecule has 0 spiro atoms. The number of urea groups is 1. The van der Waals surface area contributed by atoms with Gasteiger partial charge in [-0.1, -0.05) is 6.92 Å². The maximum Gasteiger partial charge on any atom is 0.327 e. The molecule has 7 heteroatoms. The van der Waals surface area contributed by atoms with Crippen LogP contribution >= 0.6 is 0 Å². The third kappa shape index (κ3) is 4.43. The highest BCUT2D eigenvalue weighted by Crippen LogP contribution is 2.18. The second-order valence-electron chi connectivity index (χ2n) is 5.47. The molecule has 0 saturated carbocycles. The molecule has 0 aliphatic carbocycles. The van der Waals surface area contributed by atoms with E-state index in [1.165, 1.54) is 11.2 Å². The zero-order valence-corrected chi connectivity index (χ0v) is 14.3. The summed E-state index contributed by atoms with van der Waals surface area (Å²) >= 11 is 0. The Morgan fingerprint density at radius 1 is 1.41 bits per heavy atom. The van der Waals surface area contributed by atoms with E-state index in [1.807, 2.05) is 11.8 Å². The highest BCUT2D eigenvalue weighted by molar-refractivity contribution is 5.86. The van der Waals surface area contributed by atoms with E-state index in [0.29, 0.717) is 19.5 Å². The first-order chi connectivity index (χ1) is 10.5. The summed E-state index contributed by atoms with van der Waals surface area (Å²) in [6, 6.07) is -0.00886. The monoisotopic (exact) mass is 312 g/mol. The number of amides is 3. The number of ether oxygens (including phenoxy) is 1. The number of carbonyl (C=O) groups excluding carboxylic acids is 2. The molecular formula is C15H28N4O3. The highest BCUT2D eigenvalue weighted by atomic mass is 16.5. The lowest BCUT2D eigenvalue weighted by molar-refractivity contribution is -0.132. The lowest BCUT2D eigenvalue weighted by atomic mass is 10.0. The summed E-state index contributed by atoms with van der Waals surface area (Å²) < 4.78 is 5.22. The van der Waals surface area contributed by atoms with Gasteiger partial charge in [-0.15, -0.1) is 0 Å². The molecule has 7 nitrogen and oxygen atoms in total. The quantitative estimate of drug-likeness (QED) is 0.438. The number of aliphatic imine (C=N–C) groups is 1. The molecule has 0 bridgehead atoms. The molecule has 1 unspecified atom stereocenters. The minimum atomic E-state index is -0.375. The van der Waals surface area contributed by atoms with E-state index < -0.39 is 0 Å². The fraction of sp³-hybridized carbons (Fsp3) is 0.800. The van der Waals surface area contributed by atoms with Crippen LogP contribution in [0.15, 0.2) is 4.99 Å². The Morgan fingerprint density at radius 2 is 2.00 bits per heavy atom. The molecule has 0 N–H and O–H groups in total. The van der Waals surface area contributed by atoms with Gasteiger partial charge in [0, 0.05) is 46.8 Å². The first-order valence-electron chi connectivity index (χ1n) is 7.74. The molecule has 1 saturated heterocycles. The van der Waals surface area contributed by atoms with Crippen LogP contribution < -0.4 is 0 Å². The largest absolute Gasteiger partial charge is 0.361 e. The zero-order chi connectivity index (χ0) is 16.7. The zero-order valence-electron chi connectivity index (χ0n) is 14.3. The topological polar surface area (TPSA) is 65.5 Å². The minimum Gasteiger partial charge on any atom is -0.361 e. The van der Waals surface area contributed by atoms with E-state index in [-0.39, 0.29) is 24.2 Å². The van der Waals surface area contributed by atoms with E-state index in [4.69, 9.17) is 4.74 Å². The molecule has 1 heterocycles. The van der Waals surface area contributed by atoms with Crippen molar-refractivity contribution >= 4 is 18.3 Å². The van der Waals surface area contributed by atoms with Gasteiger partial charge in [0.25, 0.3) is 0 Å². The number of hydrogen-bond acceptors (Lipinski definition) is 4. The van der Waals surface area contributed by atoms with E-state index >= 15 is 0 Å². The maximum absolute atomic E-state index is 12.6. The second kappa shape index (κ2) is 8.73. The third-order valence-corrected chi connectivity index (χ3v) is 4.16. The van der Waals surface area contributed by atoms with E-state index in [1.54, 1.807) is 33.0 Å². The predicted molar refractivity (Wildman–Crippen MR) is 85.8 cm³/mol. The molecule has 126 valence electrons. The van der Waals surface area contributed by atoms with Crippen LogP contribution in [-0.2, 0) is 9.53 Å². The average Bonchev–Trinajstić information content (AvgIpc) is 2.57. The number of rotatable bonds is 5. The molecular weight excluding hydrogens is 284 g/mol. The van der Waals surface area contributed by atoms with Crippen molar-refractivity contribution in [3.8, 4) is 0 Å². The van der Waals surface area contributed by atoms with Crippen LogP contribution in [0, 0.1) is 0 Å². The summed E-state index contributed by atoms with van der Waals surface area (Å²) in [6.45, 7) is 5.08. The van der Waals surface area contributed by atoms with Crippen molar-refractivity contribution in [1.82, 2.24) is 14.7 Å². The van der Waals surface area contributed by atoms with Crippen LogP contribution in [0.2, 0.25) is 0 Å². The second-order valence-corrected chi connectivity index (χ2v) is 5.47. The first kappa shape index (κ1) is 18.4. The Balaban J connectivity index is 2.65. The maximum atomic E-state index is 12.6. The Kier molecular flexibility index (Phi) is 7.31. The fourth-order valence-electron chi connectivity index (χ4n) is 2.60. The van der Waals surface area contributed by atoms with Crippen LogP contribution in [0.4, 0.5) is 4.79 Å². The number of nitrogens with zero attached hydrogens (tertiary/aromatic N) is 4. The summed E-state index contributed by atoms with van der Waals surface area (Å²) in [4.78, 5) is 33.3. The van der Waals surface area contributed by atoms with Gasteiger partial charge in [0.15, 0.2) is 0 Å². The van der Waals surface area contributed by atoms with Gasteiger partial charge in [0.05, 0.1) is 6.34 Å². The van der Waals surface area contributed by atoms with Crippen LogP contribution in [-0.4, -0.2) is 79.5 Å². The van der Waals surface area contributed by atoms with Crippen molar-refractivity contribution < 1.29 is 14.3 Å². The van der Waals surface area contributed by atoms with Crippen molar-refractivity contribution in [3.63, 3.8) is 0 Å². The van der Waals surface area contributed by atoms with Gasteiger partial charge in [-0.2, -0.15) is 0 Å². The summed E-state index contributed by atoms with van der Waals surface area (Å²) in [5.41, 5.74) is 0. The number of methoxy groups -OCH3 is 1. The Morgan fingerprint density at radius 3 is 2.45 bits per heavy atom. The van der Waals surface area contributed by atoms with Gasteiger partial charge in [0.2, 0.25) is 5.91 Å². The van der Waals surface area contributed by atoms with Gasteiger partial charge in [-0.05, 0) is 19.8 Å². The SMILES string of the molecule is CCC(=O)N1CCC(N(C)C(=O)N(C=NC)C(C)OC)CC1. The highest BCUT2D eigenvalue weighted by Gasteiger charge is 2.30. The van der Waals surface area contributed by atoms with Crippen molar-refractivity contribution in [3.05, 3.63) is 0 Å². The molecule has 0 aromatic carbocycles. The van der Waals surface area contributed by atoms with Gasteiger partial charge >= 0.3 is 6.03 Å². The Bertz CT molecular complexity index is 406. The lowest BCUT2D eigenvalue weighted by Gasteiger charge is -2.38. The minimum absolute atomic E-state index is 0.130. The summed E-state index contributed by atoms with van der Waals surface area (Å²) in [5, 5.41) is 0. The summed E-state index contributed by atoms with van der Waals surface area (Å²) in [7, 11) is 4.98. The number of likely N-dealkylation sites (tertiary alicyclic amines) is 1. The van der Waals surface area contributed by atoms with Crippen molar-refractivity contribution in [2.24, 2.45) is 4.99 Å². The van der Waals surface area contributed by atoms with Crippen LogP contribution in [0.3, 0.4) is 0 Å². The van der Waals surface area contributed by atoms with Crippen molar-refractivity contribution in [2.75, 3.05) is 34.3 Å². The summed E-state index contributed by atoms with van der Waals surface area (Å²) in [5.74, 6) is 0.181. The smallest absolute Gasteiger partial charge is 0.327 e. The molecule has 3 amide bonds. The van der Waals surface area contributed by atoms with Crippen LogP contribution in [0.25, 0.3) is 0 Å². The van der Waals surface area contributed by atoms with Gasteiger partial charge in [0.1, 0.15) is 6.23 Å². The van der Waals surface area contributed by atoms with E-state index in [0.717, 1.165) is 12.8 Å². The molecule has 22 heavy (non-hydrogen) atoms. The van der Waals surface area contributed by atoms with E-state index in [9.17, 15) is 9.59 Å². The molecule has 1 aliphatic heterocycles. The number of carbonyl (C=O) groups is 2. The van der Waals surface area contributed by atoms with Crippen molar-refractivity contribution in [2.45, 2.75) is 45.4 Å². The van der Waals surface area contributed by atoms with Crippen LogP contribution in [0.5, 0.6) is 0 Å². The lowest BCUT2D eigenvalue weighted by Crippen LogP contribution is -2.52. The van der Waals surface area contributed by atoms with Gasteiger partial charge < -0.3 is 14.5 Å². The van der Waals surface area contributed by atoms with Crippen molar-refractivity contribution in [1.29, 1.82) is 0 Å². The average molecular weight is 312 g/mol. The molecule has 1 aliphatic rings. The number of hydrogen-bond donors (Lipinski definition) is 0. The number of piperidine rings is 1. The normalized spacial score (nSPS) is 17.6. The molecule has 1 fully saturated rings.